The van der Waals surface area contributed by atoms with Crippen molar-refractivity contribution in [2.45, 2.75) is 31.9 Å². The van der Waals surface area contributed by atoms with Gasteiger partial charge in [-0.15, -0.1) is 0 Å². The molecule has 3 rings (SSSR count). The number of ether oxygens (including phenoxy) is 1. The molecule has 0 saturated carbocycles. The van der Waals surface area contributed by atoms with E-state index in [-0.39, 0.29) is 0 Å². The fraction of sp³-hybridized carbons (Fsp3) is 0.421. The van der Waals surface area contributed by atoms with Crippen LogP contribution in [0.2, 0.25) is 0 Å². The number of aliphatic hydroxyl groups is 1. The number of pyridine rings is 1. The number of aromatic nitrogens is 1. The van der Waals surface area contributed by atoms with Gasteiger partial charge in [-0.1, -0.05) is 12.1 Å². The number of hydrogen-bond acceptors (Lipinski definition) is 5. The Morgan fingerprint density at radius 2 is 2.12 bits per heavy atom. The van der Waals surface area contributed by atoms with Crippen molar-refractivity contribution in [3.05, 3.63) is 53.9 Å². The first-order valence-corrected chi connectivity index (χ1v) is 9.48. The molecule has 0 bridgehead atoms. The van der Waals surface area contributed by atoms with Crippen LogP contribution in [-0.4, -0.2) is 33.7 Å². The number of aryl methyl sites for hydroxylation is 1. The standard InChI is InChI=1S/C19H24N2O2S/c1-15-11-16(12-21-14-19(22)6-9-24-10-7-19)4-5-18(15)23-17-3-2-8-20-13-17/h2-5,8,11,13,21-22H,6-7,9-10,12,14H2,1H3. The fourth-order valence-electron chi connectivity index (χ4n) is 2.84. The van der Waals surface area contributed by atoms with Crippen molar-refractivity contribution in [2.75, 3.05) is 18.1 Å². The Balaban J connectivity index is 1.54. The van der Waals surface area contributed by atoms with Gasteiger partial charge in [0, 0.05) is 19.3 Å². The van der Waals surface area contributed by atoms with E-state index in [0.29, 0.717) is 6.54 Å². The van der Waals surface area contributed by atoms with Crippen LogP contribution in [0.1, 0.15) is 24.0 Å². The van der Waals surface area contributed by atoms with E-state index in [2.05, 4.69) is 22.4 Å². The Hall–Kier alpha value is -1.56. The molecule has 24 heavy (non-hydrogen) atoms. The van der Waals surface area contributed by atoms with Gasteiger partial charge in [0.2, 0.25) is 0 Å². The average Bonchev–Trinajstić information content (AvgIpc) is 2.59. The minimum Gasteiger partial charge on any atom is -0.455 e. The van der Waals surface area contributed by atoms with Crippen LogP contribution in [0.4, 0.5) is 0 Å². The first-order chi connectivity index (χ1) is 11.6. The van der Waals surface area contributed by atoms with Gasteiger partial charge in [-0.3, -0.25) is 4.98 Å². The number of nitrogens with one attached hydrogen (secondary N) is 1. The molecule has 0 aliphatic carbocycles. The second-order valence-corrected chi connectivity index (χ2v) is 7.56. The highest BCUT2D eigenvalue weighted by atomic mass is 32.2. The van der Waals surface area contributed by atoms with Gasteiger partial charge in [0.1, 0.15) is 11.5 Å². The normalized spacial score (nSPS) is 16.8. The predicted octanol–water partition coefficient (Wildman–Crippen LogP) is 3.53. The van der Waals surface area contributed by atoms with Gasteiger partial charge in [0.15, 0.2) is 0 Å². The maximum Gasteiger partial charge on any atom is 0.145 e. The molecule has 5 heteroatoms. The highest BCUT2D eigenvalue weighted by molar-refractivity contribution is 7.99. The minimum atomic E-state index is -0.538. The summed E-state index contributed by atoms with van der Waals surface area (Å²) < 4.78 is 5.85. The molecule has 128 valence electrons. The molecule has 1 aromatic carbocycles. The lowest BCUT2D eigenvalue weighted by molar-refractivity contribution is 0.0320. The molecule has 1 aliphatic heterocycles. The lowest BCUT2D eigenvalue weighted by atomic mass is 9.97. The lowest BCUT2D eigenvalue weighted by Gasteiger charge is -2.32. The number of rotatable bonds is 6. The maximum atomic E-state index is 10.5. The molecule has 4 nitrogen and oxygen atoms in total. The van der Waals surface area contributed by atoms with Crippen LogP contribution >= 0.6 is 11.8 Å². The Labute approximate surface area is 147 Å². The monoisotopic (exact) mass is 344 g/mol. The van der Waals surface area contributed by atoms with E-state index < -0.39 is 5.60 Å². The summed E-state index contributed by atoms with van der Waals surface area (Å²) in [5, 5.41) is 13.9. The summed E-state index contributed by atoms with van der Waals surface area (Å²) in [6.45, 7) is 3.45. The topological polar surface area (TPSA) is 54.4 Å². The molecule has 1 aliphatic rings. The first-order valence-electron chi connectivity index (χ1n) is 8.33. The maximum absolute atomic E-state index is 10.5. The van der Waals surface area contributed by atoms with E-state index >= 15 is 0 Å². The number of nitrogens with zero attached hydrogens (tertiary/aromatic N) is 1. The molecule has 0 atom stereocenters. The zero-order valence-corrected chi connectivity index (χ0v) is 14.8. The van der Waals surface area contributed by atoms with E-state index in [1.54, 1.807) is 12.4 Å². The molecular weight excluding hydrogens is 320 g/mol. The Kier molecular flexibility index (Phi) is 5.76. The molecule has 0 radical (unpaired) electrons. The Morgan fingerprint density at radius 1 is 1.29 bits per heavy atom. The molecule has 2 N–H and O–H groups in total. The largest absolute Gasteiger partial charge is 0.455 e. The van der Waals surface area contributed by atoms with Gasteiger partial charge in [-0.2, -0.15) is 11.8 Å². The molecule has 1 fully saturated rings. The number of hydrogen-bond donors (Lipinski definition) is 2. The van der Waals surface area contributed by atoms with E-state index in [1.807, 2.05) is 36.9 Å². The highest BCUT2D eigenvalue weighted by Crippen LogP contribution is 2.27. The van der Waals surface area contributed by atoms with Crippen LogP contribution in [0.25, 0.3) is 0 Å². The van der Waals surface area contributed by atoms with Gasteiger partial charge in [-0.05, 0) is 60.6 Å². The quantitative estimate of drug-likeness (QED) is 0.839. The third-order valence-electron chi connectivity index (χ3n) is 4.31. The van der Waals surface area contributed by atoms with Crippen LogP contribution in [0, 0.1) is 6.92 Å². The molecule has 0 unspecified atom stereocenters. The predicted molar refractivity (Wildman–Crippen MR) is 98.7 cm³/mol. The van der Waals surface area contributed by atoms with Crippen molar-refractivity contribution < 1.29 is 9.84 Å². The summed E-state index contributed by atoms with van der Waals surface area (Å²) in [6.07, 6.45) is 5.19. The fourth-order valence-corrected chi connectivity index (χ4v) is 4.09. The zero-order valence-electron chi connectivity index (χ0n) is 14.0. The zero-order chi connectivity index (χ0) is 16.8. The van der Waals surface area contributed by atoms with E-state index in [9.17, 15) is 5.11 Å². The van der Waals surface area contributed by atoms with Gasteiger partial charge >= 0.3 is 0 Å². The highest BCUT2D eigenvalue weighted by Gasteiger charge is 2.28. The smallest absolute Gasteiger partial charge is 0.145 e. The summed E-state index contributed by atoms with van der Waals surface area (Å²) in [4.78, 5) is 4.06. The van der Waals surface area contributed by atoms with Crippen LogP contribution in [0.5, 0.6) is 11.5 Å². The van der Waals surface area contributed by atoms with Gasteiger partial charge in [-0.25, -0.2) is 0 Å². The number of benzene rings is 1. The molecule has 0 amide bonds. The summed E-state index contributed by atoms with van der Waals surface area (Å²) in [5.74, 6) is 3.69. The molecule has 2 heterocycles. The van der Waals surface area contributed by atoms with Crippen LogP contribution < -0.4 is 10.1 Å². The molecule has 0 spiro atoms. The van der Waals surface area contributed by atoms with Crippen LogP contribution in [0.15, 0.2) is 42.7 Å². The van der Waals surface area contributed by atoms with Crippen LogP contribution in [0.3, 0.4) is 0 Å². The van der Waals surface area contributed by atoms with E-state index in [1.165, 1.54) is 5.56 Å². The molecular formula is C19H24N2O2S. The third kappa shape index (κ3) is 4.72. The minimum absolute atomic E-state index is 0.538. The van der Waals surface area contributed by atoms with Crippen LogP contribution in [-0.2, 0) is 6.54 Å². The Bertz CT molecular complexity index is 658. The van der Waals surface area contributed by atoms with Gasteiger partial charge in [0.25, 0.3) is 0 Å². The summed E-state index contributed by atoms with van der Waals surface area (Å²) in [7, 11) is 0. The lowest BCUT2D eigenvalue weighted by Crippen LogP contribution is -2.43. The van der Waals surface area contributed by atoms with Crippen molar-refractivity contribution in [1.29, 1.82) is 0 Å². The van der Waals surface area contributed by atoms with Crippen molar-refractivity contribution >= 4 is 11.8 Å². The summed E-state index contributed by atoms with van der Waals surface area (Å²) in [6, 6.07) is 9.93. The van der Waals surface area contributed by atoms with Crippen molar-refractivity contribution in [1.82, 2.24) is 10.3 Å². The van der Waals surface area contributed by atoms with Crippen molar-refractivity contribution in [3.8, 4) is 11.5 Å². The van der Waals surface area contributed by atoms with Crippen molar-refractivity contribution in [2.24, 2.45) is 0 Å². The molecule has 1 aromatic heterocycles. The third-order valence-corrected chi connectivity index (χ3v) is 5.29. The van der Waals surface area contributed by atoms with Gasteiger partial charge in [0.05, 0.1) is 11.8 Å². The van der Waals surface area contributed by atoms with Crippen molar-refractivity contribution in [3.63, 3.8) is 0 Å². The average molecular weight is 344 g/mol. The summed E-state index contributed by atoms with van der Waals surface area (Å²) in [5.41, 5.74) is 1.75. The van der Waals surface area contributed by atoms with E-state index in [4.69, 9.17) is 4.74 Å². The van der Waals surface area contributed by atoms with E-state index in [0.717, 1.165) is 48.0 Å². The number of thioether (sulfide) groups is 1. The SMILES string of the molecule is Cc1cc(CNCC2(O)CCSCC2)ccc1Oc1cccnc1. The molecule has 1 saturated heterocycles. The first kappa shape index (κ1) is 17.3. The summed E-state index contributed by atoms with van der Waals surface area (Å²) >= 11 is 1.93. The Morgan fingerprint density at radius 3 is 2.83 bits per heavy atom. The van der Waals surface area contributed by atoms with Gasteiger partial charge < -0.3 is 15.2 Å². The molecule has 2 aromatic rings. The second-order valence-electron chi connectivity index (χ2n) is 6.33. The second kappa shape index (κ2) is 8.01.